The second kappa shape index (κ2) is 13.2. The van der Waals surface area contributed by atoms with Gasteiger partial charge >= 0.3 is 0 Å². The number of ether oxygens (including phenoxy) is 4. The molecule has 15 heteroatoms. The van der Waals surface area contributed by atoms with Gasteiger partial charge in [-0.1, -0.05) is 11.6 Å². The van der Waals surface area contributed by atoms with Crippen molar-refractivity contribution in [2.24, 2.45) is 0 Å². The molecule has 0 radical (unpaired) electrons. The van der Waals surface area contributed by atoms with Gasteiger partial charge in [0.2, 0.25) is 5.43 Å². The van der Waals surface area contributed by atoms with E-state index in [2.05, 4.69) is 0 Å². The van der Waals surface area contributed by atoms with Crippen LogP contribution in [0.25, 0.3) is 22.3 Å². The van der Waals surface area contributed by atoms with E-state index < -0.39 is 78.3 Å². The normalized spacial score (nSPS) is 31.5. The molecule has 0 aliphatic carbocycles. The molecule has 0 bridgehead atoms. The Hall–Kier alpha value is -3.61. The van der Waals surface area contributed by atoms with Crippen molar-refractivity contribution in [1.29, 1.82) is 0 Å². The van der Waals surface area contributed by atoms with Crippen LogP contribution in [0.4, 0.5) is 0 Å². The number of methoxy groups -OCH3 is 1. The Bertz CT molecular complexity index is 1650. The van der Waals surface area contributed by atoms with E-state index in [1.165, 1.54) is 19.2 Å². The van der Waals surface area contributed by atoms with Crippen molar-refractivity contribution in [3.05, 3.63) is 63.3 Å². The molecule has 2 aromatic carbocycles. The topological polar surface area (TPSA) is 249 Å². The first-order chi connectivity index (χ1) is 21.7. The zero-order valence-electron chi connectivity index (χ0n) is 24.9. The van der Waals surface area contributed by atoms with E-state index in [9.17, 15) is 50.8 Å². The minimum absolute atomic E-state index is 0.120. The van der Waals surface area contributed by atoms with Gasteiger partial charge in [-0.2, -0.15) is 0 Å². The molecular formula is C31H36O15. The summed E-state index contributed by atoms with van der Waals surface area (Å²) >= 11 is 0. The SMILES string of the molecule is COc1ccc(-c2oc3c(CC=C(C)C)c(O)cc(O)c3c(=O)c2[C@H]2O[C@H](O[C@@H]3O[C@H](O)[C@H](O)[C@@H](O)[C@@H]3O)[C@@H](O)[C@@H](O)[C@@H]2O)cc1. The molecule has 0 amide bonds. The van der Waals surface area contributed by atoms with Crippen LogP contribution in [-0.4, -0.2) is 109 Å². The Morgan fingerprint density at radius 3 is 2.04 bits per heavy atom. The molecular weight excluding hydrogens is 612 g/mol. The number of phenols is 2. The van der Waals surface area contributed by atoms with Crippen molar-refractivity contribution in [3.8, 4) is 28.6 Å². The summed E-state index contributed by atoms with van der Waals surface area (Å²) in [7, 11) is 1.45. The standard InChI is InChI=1S/C31H36O15/c1-11(2)4-9-14-15(32)10-16(33)17-19(34)18(26(43-27(14)17)12-5-7-13(42-3)8-6-12)28-22(37)20(35)24(39)30(44-28)46-31-25(40)21(36)23(38)29(41)45-31/h4-8,10,20-25,28-33,35-41H,9H2,1-3H3/t20-,21+,22-,23+,24-,25-,28+,29-,30+,31-/m0/s1. The molecule has 3 aromatic rings. The van der Waals surface area contributed by atoms with Gasteiger partial charge in [0.1, 0.15) is 76.7 Å². The van der Waals surface area contributed by atoms with E-state index in [0.29, 0.717) is 5.75 Å². The van der Waals surface area contributed by atoms with E-state index in [-0.39, 0.29) is 40.0 Å². The molecule has 2 fully saturated rings. The first-order valence-corrected chi connectivity index (χ1v) is 14.3. The average molecular weight is 649 g/mol. The summed E-state index contributed by atoms with van der Waals surface area (Å²) in [6.07, 6.45) is -17.6. The monoisotopic (exact) mass is 648 g/mol. The molecule has 15 nitrogen and oxygen atoms in total. The molecule has 0 unspecified atom stereocenters. The quantitative estimate of drug-likeness (QED) is 0.148. The molecule has 2 aliphatic heterocycles. The van der Waals surface area contributed by atoms with Gasteiger partial charge in [-0.05, 0) is 44.5 Å². The summed E-state index contributed by atoms with van der Waals surface area (Å²) in [4.78, 5) is 14.3. The first-order valence-electron chi connectivity index (χ1n) is 14.3. The van der Waals surface area contributed by atoms with E-state index in [4.69, 9.17) is 23.4 Å². The number of allylic oxidation sites excluding steroid dienone is 2. The Morgan fingerprint density at radius 2 is 1.43 bits per heavy atom. The number of aromatic hydroxyl groups is 2. The molecule has 2 saturated heterocycles. The van der Waals surface area contributed by atoms with Gasteiger partial charge in [0, 0.05) is 17.2 Å². The summed E-state index contributed by atoms with van der Waals surface area (Å²) in [5, 5.41) is 94.0. The van der Waals surface area contributed by atoms with Gasteiger partial charge in [0.05, 0.1) is 12.7 Å². The van der Waals surface area contributed by atoms with Gasteiger partial charge in [-0.15, -0.1) is 0 Å². The zero-order chi connectivity index (χ0) is 33.6. The van der Waals surface area contributed by atoms with Crippen LogP contribution in [0.15, 0.2) is 51.2 Å². The van der Waals surface area contributed by atoms with Crippen LogP contribution in [0.5, 0.6) is 17.2 Å². The lowest BCUT2D eigenvalue weighted by Crippen LogP contribution is -2.61. The van der Waals surface area contributed by atoms with Crippen LogP contribution in [0.2, 0.25) is 0 Å². The van der Waals surface area contributed by atoms with Crippen LogP contribution < -0.4 is 10.2 Å². The zero-order valence-corrected chi connectivity index (χ0v) is 24.9. The third kappa shape index (κ3) is 6.10. The molecule has 3 heterocycles. The summed E-state index contributed by atoms with van der Waals surface area (Å²) in [6, 6.07) is 7.14. The number of hydrogen-bond donors (Lipinski definition) is 9. The Labute approximate surface area is 261 Å². The fourth-order valence-corrected chi connectivity index (χ4v) is 5.39. The van der Waals surface area contributed by atoms with Crippen molar-refractivity contribution < 1.29 is 69.3 Å². The molecule has 10 atom stereocenters. The number of aliphatic hydroxyl groups is 7. The highest BCUT2D eigenvalue weighted by atomic mass is 16.8. The van der Waals surface area contributed by atoms with Gasteiger partial charge in [-0.25, -0.2) is 0 Å². The molecule has 46 heavy (non-hydrogen) atoms. The van der Waals surface area contributed by atoms with E-state index >= 15 is 0 Å². The highest BCUT2D eigenvalue weighted by molar-refractivity contribution is 5.90. The second-order valence-electron chi connectivity index (χ2n) is 11.4. The molecule has 0 saturated carbocycles. The lowest BCUT2D eigenvalue weighted by atomic mass is 9.90. The number of benzene rings is 2. The number of rotatable bonds is 7. The van der Waals surface area contributed by atoms with E-state index in [0.717, 1.165) is 11.6 Å². The highest BCUT2D eigenvalue weighted by Gasteiger charge is 2.51. The lowest BCUT2D eigenvalue weighted by molar-refractivity contribution is -0.394. The van der Waals surface area contributed by atoms with E-state index in [1.807, 2.05) is 13.8 Å². The second-order valence-corrected chi connectivity index (χ2v) is 11.4. The van der Waals surface area contributed by atoms with Crippen molar-refractivity contribution in [2.45, 2.75) is 81.9 Å². The van der Waals surface area contributed by atoms with Crippen molar-refractivity contribution in [1.82, 2.24) is 0 Å². The largest absolute Gasteiger partial charge is 0.507 e. The minimum Gasteiger partial charge on any atom is -0.507 e. The number of fused-ring (bicyclic) bond motifs is 1. The van der Waals surface area contributed by atoms with Gasteiger partial charge in [0.25, 0.3) is 0 Å². The molecule has 5 rings (SSSR count). The molecule has 1 aromatic heterocycles. The van der Waals surface area contributed by atoms with Crippen molar-refractivity contribution in [2.75, 3.05) is 7.11 Å². The molecule has 0 spiro atoms. The lowest BCUT2D eigenvalue weighted by Gasteiger charge is -2.44. The predicted molar refractivity (Wildman–Crippen MR) is 157 cm³/mol. The summed E-state index contributed by atoms with van der Waals surface area (Å²) < 4.78 is 27.7. The third-order valence-corrected chi connectivity index (χ3v) is 7.99. The number of aliphatic hydroxyl groups excluding tert-OH is 7. The fourth-order valence-electron chi connectivity index (χ4n) is 5.39. The van der Waals surface area contributed by atoms with E-state index in [1.54, 1.807) is 18.2 Å². The van der Waals surface area contributed by atoms with Crippen LogP contribution in [0.3, 0.4) is 0 Å². The van der Waals surface area contributed by atoms with Crippen molar-refractivity contribution >= 4 is 11.0 Å². The van der Waals surface area contributed by atoms with Gasteiger partial charge < -0.3 is 69.3 Å². The smallest absolute Gasteiger partial charge is 0.203 e. The van der Waals surface area contributed by atoms with Crippen LogP contribution in [0.1, 0.15) is 31.1 Å². The van der Waals surface area contributed by atoms with Gasteiger partial charge in [0.15, 0.2) is 18.9 Å². The van der Waals surface area contributed by atoms with Crippen LogP contribution in [-0.2, 0) is 20.6 Å². The summed E-state index contributed by atoms with van der Waals surface area (Å²) in [5.41, 5.74) is -0.165. The van der Waals surface area contributed by atoms with Crippen LogP contribution >= 0.6 is 0 Å². The Morgan fingerprint density at radius 1 is 0.826 bits per heavy atom. The van der Waals surface area contributed by atoms with Crippen molar-refractivity contribution in [3.63, 3.8) is 0 Å². The molecule has 250 valence electrons. The van der Waals surface area contributed by atoms with Crippen LogP contribution in [0, 0.1) is 0 Å². The Kier molecular flexibility index (Phi) is 9.72. The maximum Gasteiger partial charge on any atom is 0.203 e. The molecule has 9 N–H and O–H groups in total. The average Bonchev–Trinajstić information content (AvgIpc) is 3.02. The Balaban J connectivity index is 1.68. The molecule has 2 aliphatic rings. The summed E-state index contributed by atoms with van der Waals surface area (Å²) in [6.45, 7) is 3.66. The third-order valence-electron chi connectivity index (χ3n) is 7.99. The minimum atomic E-state index is -2.04. The first kappa shape index (κ1) is 33.7. The fraction of sp³-hybridized carbons (Fsp3) is 0.452. The summed E-state index contributed by atoms with van der Waals surface area (Å²) in [5.74, 6) is -0.739. The maximum atomic E-state index is 14.3. The maximum absolute atomic E-state index is 14.3. The predicted octanol–water partition coefficient (Wildman–Crippen LogP) is -0.357. The van der Waals surface area contributed by atoms with Gasteiger partial charge in [-0.3, -0.25) is 4.79 Å². The highest BCUT2D eigenvalue weighted by Crippen LogP contribution is 2.42. The number of phenolic OH excluding ortho intramolecular Hbond substituents is 2. The number of hydrogen-bond acceptors (Lipinski definition) is 15.